The minimum Gasteiger partial charge on any atom is -0.507 e. The molecule has 2 aromatic carbocycles. The number of phenolic OH excluding ortho intramolecular Hbond substituents is 1. The number of aliphatic carboxylic acids is 1. The van der Waals surface area contributed by atoms with E-state index < -0.39 is 109 Å². The van der Waals surface area contributed by atoms with Crippen LogP contribution in [0.5, 0.6) is 5.75 Å². The molecule has 1 saturated carbocycles. The van der Waals surface area contributed by atoms with Gasteiger partial charge in [0.15, 0.2) is 11.4 Å². The number of aliphatic hydroxyl groups is 3. The molecule has 2 aliphatic heterocycles. The molecule has 6 rings (SSSR count). The first kappa shape index (κ1) is 44.3. The minimum atomic E-state index is -2.29. The van der Waals surface area contributed by atoms with Crippen LogP contribution in [0, 0.1) is 13.8 Å². The number of hydrogen-bond donors (Lipinski definition) is 8. The number of ketones is 1. The summed E-state index contributed by atoms with van der Waals surface area (Å²) in [5, 5.41) is 66.5. The number of aryl methyl sites for hydroxylation is 2. The zero-order valence-electron chi connectivity index (χ0n) is 34.1. The van der Waals surface area contributed by atoms with E-state index in [1.165, 1.54) is 12.1 Å². The van der Waals surface area contributed by atoms with Crippen LogP contribution in [0.1, 0.15) is 110 Å². The van der Waals surface area contributed by atoms with Gasteiger partial charge in [0.2, 0.25) is 11.7 Å². The fourth-order valence-electron chi connectivity index (χ4n) is 7.83. The highest BCUT2D eigenvalue weighted by molar-refractivity contribution is 6.42. The second kappa shape index (κ2) is 17.4. The number of aromatic hydroxyl groups is 1. The third-order valence-electron chi connectivity index (χ3n) is 11.2. The highest BCUT2D eigenvalue weighted by Gasteiger charge is 2.57. The Morgan fingerprint density at radius 1 is 0.983 bits per heavy atom. The van der Waals surface area contributed by atoms with Crippen molar-refractivity contribution in [3.63, 3.8) is 0 Å². The molecule has 60 heavy (non-hydrogen) atoms. The van der Waals surface area contributed by atoms with Crippen molar-refractivity contribution in [2.24, 2.45) is 0 Å². The predicted molar refractivity (Wildman–Crippen MR) is 210 cm³/mol. The van der Waals surface area contributed by atoms with Gasteiger partial charge in [-0.2, -0.15) is 0 Å². The van der Waals surface area contributed by atoms with E-state index in [9.17, 15) is 49.5 Å². The molecule has 0 radical (unpaired) electrons. The first-order chi connectivity index (χ1) is 28.2. The summed E-state index contributed by atoms with van der Waals surface area (Å²) in [6.45, 7) is 8.60. The third-order valence-corrected chi connectivity index (χ3v) is 11.2. The molecule has 1 aliphatic carbocycles. The number of amides is 3. The number of carbonyl (C=O) groups excluding carboxylic acids is 4. The van der Waals surface area contributed by atoms with E-state index in [-0.39, 0.29) is 22.8 Å². The normalized spacial score (nSPS) is 26.4. The Bertz CT molecular complexity index is 2110. The molecule has 3 amide bonds. The molecule has 1 unspecified atom stereocenters. The molecule has 324 valence electrons. The molecule has 3 aromatic rings. The number of benzene rings is 2. The molecule has 3 aliphatic rings. The van der Waals surface area contributed by atoms with Crippen molar-refractivity contribution in [2.75, 3.05) is 11.9 Å². The summed E-state index contributed by atoms with van der Waals surface area (Å²) < 4.78 is 24.0. The van der Waals surface area contributed by atoms with Crippen LogP contribution in [0.25, 0.3) is 0 Å². The number of anilines is 1. The Labute approximate surface area is 345 Å². The van der Waals surface area contributed by atoms with E-state index in [0.29, 0.717) is 22.6 Å². The number of rotatable bonds is 15. The number of nitrogens with one attached hydrogen (secondary N) is 3. The lowest BCUT2D eigenvalue weighted by Gasteiger charge is -2.48. The summed E-state index contributed by atoms with van der Waals surface area (Å²) >= 11 is 0. The number of ether oxygens (including phenoxy) is 3. The molecule has 3 fully saturated rings. The van der Waals surface area contributed by atoms with Gasteiger partial charge >= 0.3 is 5.97 Å². The first-order valence-corrected chi connectivity index (χ1v) is 19.8. The predicted octanol–water partition coefficient (Wildman–Crippen LogP) is 2.40. The molecule has 9 atom stereocenters. The van der Waals surface area contributed by atoms with E-state index in [2.05, 4.69) is 21.1 Å². The molecule has 2 saturated heterocycles. The standard InChI is InChI=1S/C42H52N4O14/c1-19-12-25(13-20(2)33(19)50)38(53)43-18-29(49)35(52)37-32(44-22(4)47)28(48)16-42(59-37,40(55)56)17-31-36(58-41(5,6)57-31)24-8-7-9-26(14-24)45-39(54)34(51)21(3)30-15-27(46-60-30)23-10-11-23/h7-9,12-15,21,23,28-29,31-32,35-37,48-50,52H,10-11,16-18H2,1-6H3,(H,43,53)(H,44,47)(H,45,54)(H,55,56)/t21-,28+,29-,31?,32-,35-,36+,37-,42+/m1/s1. The maximum atomic E-state index is 13.2. The fraction of sp³-hybridized carbons (Fsp3) is 0.524. The number of phenols is 1. The smallest absolute Gasteiger partial charge is 0.336 e. The zero-order chi connectivity index (χ0) is 43.8. The summed E-state index contributed by atoms with van der Waals surface area (Å²) in [4.78, 5) is 64.7. The SMILES string of the molecule is CC(=O)N[C@H]1[C@H]([C@H](O)[C@H](O)CNC(=O)c2cc(C)c(O)c(C)c2)O[C@@](CC2OC(C)(C)O[C@H]2c2cccc(NC(=O)C(=O)[C@H](C)c3cc(C4CC4)no3)c2)(C(=O)O)C[C@@H]1O. The van der Waals surface area contributed by atoms with Crippen LogP contribution in [-0.4, -0.2) is 115 Å². The first-order valence-electron chi connectivity index (χ1n) is 19.8. The number of nitrogens with zero attached hydrogens (tertiary/aromatic N) is 1. The van der Waals surface area contributed by atoms with E-state index in [0.717, 1.165) is 25.5 Å². The average molecular weight is 837 g/mol. The number of aliphatic hydroxyl groups excluding tert-OH is 3. The van der Waals surface area contributed by atoms with Gasteiger partial charge in [0, 0.05) is 49.5 Å². The molecule has 18 heteroatoms. The molecular formula is C42H52N4O14. The maximum Gasteiger partial charge on any atom is 0.336 e. The number of Topliss-reactive ketones (excluding diaryl/α,β-unsaturated/α-hetero) is 1. The highest BCUT2D eigenvalue weighted by Crippen LogP contribution is 2.46. The van der Waals surface area contributed by atoms with E-state index in [4.69, 9.17) is 18.7 Å². The van der Waals surface area contributed by atoms with Crippen molar-refractivity contribution in [3.05, 3.63) is 76.2 Å². The van der Waals surface area contributed by atoms with Gasteiger partial charge in [-0.15, -0.1) is 0 Å². The van der Waals surface area contributed by atoms with Gasteiger partial charge in [-0.3, -0.25) is 19.2 Å². The second-order valence-electron chi connectivity index (χ2n) is 16.5. The number of carbonyl (C=O) groups is 5. The fourth-order valence-corrected chi connectivity index (χ4v) is 7.83. The van der Waals surface area contributed by atoms with Crippen LogP contribution in [0.3, 0.4) is 0 Å². The van der Waals surface area contributed by atoms with E-state index in [1.807, 2.05) is 0 Å². The van der Waals surface area contributed by atoms with Crippen molar-refractivity contribution >= 4 is 35.2 Å². The molecule has 8 N–H and O–H groups in total. The van der Waals surface area contributed by atoms with Crippen LogP contribution in [0.15, 0.2) is 47.0 Å². The molecular weight excluding hydrogens is 784 g/mol. The Morgan fingerprint density at radius 2 is 1.67 bits per heavy atom. The van der Waals surface area contributed by atoms with Crippen molar-refractivity contribution < 1.29 is 68.2 Å². The van der Waals surface area contributed by atoms with Crippen LogP contribution < -0.4 is 16.0 Å². The molecule has 18 nitrogen and oxygen atoms in total. The summed E-state index contributed by atoms with van der Waals surface area (Å²) in [5.41, 5.74) is 0.191. The lowest BCUT2D eigenvalue weighted by molar-refractivity contribution is -0.236. The van der Waals surface area contributed by atoms with Crippen LogP contribution in [-0.2, 0) is 33.4 Å². The van der Waals surface area contributed by atoms with E-state index in [1.54, 1.807) is 65.0 Å². The maximum absolute atomic E-state index is 13.2. The average Bonchev–Trinajstić information content (AvgIpc) is 3.84. The Kier molecular flexibility index (Phi) is 12.8. The summed E-state index contributed by atoms with van der Waals surface area (Å²) in [6, 6.07) is 9.56. The summed E-state index contributed by atoms with van der Waals surface area (Å²) in [6.07, 6.45) is -8.22. The largest absolute Gasteiger partial charge is 0.507 e. The Balaban J connectivity index is 1.19. The van der Waals surface area contributed by atoms with E-state index >= 15 is 0 Å². The number of carboxylic acid groups (broad SMARTS) is 1. The van der Waals surface area contributed by atoms with Gasteiger partial charge in [-0.05, 0) is 88.4 Å². The van der Waals surface area contributed by atoms with Gasteiger partial charge in [-0.1, -0.05) is 17.3 Å². The number of carboxylic acids is 1. The van der Waals surface area contributed by atoms with Crippen LogP contribution >= 0.6 is 0 Å². The number of aromatic nitrogens is 1. The highest BCUT2D eigenvalue weighted by atomic mass is 16.8. The van der Waals surface area contributed by atoms with Gasteiger partial charge < -0.3 is 60.2 Å². The summed E-state index contributed by atoms with van der Waals surface area (Å²) in [7, 11) is 0. The van der Waals surface area contributed by atoms with Crippen LogP contribution in [0.2, 0.25) is 0 Å². The third kappa shape index (κ3) is 9.69. The van der Waals surface area contributed by atoms with Crippen molar-refractivity contribution in [3.8, 4) is 5.75 Å². The topological polar surface area (TPSA) is 276 Å². The van der Waals surface area contributed by atoms with Crippen LogP contribution in [0.4, 0.5) is 5.69 Å². The Morgan fingerprint density at radius 3 is 2.30 bits per heavy atom. The van der Waals surface area contributed by atoms with Gasteiger partial charge in [0.05, 0.1) is 36.0 Å². The van der Waals surface area contributed by atoms with Crippen molar-refractivity contribution in [1.82, 2.24) is 15.8 Å². The van der Waals surface area contributed by atoms with Gasteiger partial charge in [0.1, 0.15) is 29.8 Å². The molecule has 3 heterocycles. The summed E-state index contributed by atoms with van der Waals surface area (Å²) in [5.74, 6) is -6.03. The zero-order valence-corrected chi connectivity index (χ0v) is 34.1. The van der Waals surface area contributed by atoms with Gasteiger partial charge in [-0.25, -0.2) is 4.79 Å². The minimum absolute atomic E-state index is 0.0209. The monoisotopic (exact) mass is 836 g/mol. The van der Waals surface area contributed by atoms with Crippen molar-refractivity contribution in [2.45, 2.75) is 133 Å². The quantitative estimate of drug-likeness (QED) is 0.102. The van der Waals surface area contributed by atoms with Gasteiger partial charge in [0.25, 0.3) is 11.8 Å². The molecule has 1 aromatic heterocycles. The number of hydrogen-bond acceptors (Lipinski definition) is 14. The van der Waals surface area contributed by atoms with Crippen molar-refractivity contribution in [1.29, 1.82) is 0 Å². The lowest BCUT2D eigenvalue weighted by atomic mass is 9.79. The Hall–Kier alpha value is -5.24. The molecule has 0 spiro atoms. The second-order valence-corrected chi connectivity index (χ2v) is 16.5. The lowest BCUT2D eigenvalue weighted by Crippen LogP contribution is -2.68. The molecule has 0 bridgehead atoms.